The summed E-state index contributed by atoms with van der Waals surface area (Å²) in [5, 5.41) is 5.00. The van der Waals surface area contributed by atoms with Gasteiger partial charge < -0.3 is 9.88 Å². The predicted octanol–water partition coefficient (Wildman–Crippen LogP) is 1.99. The number of imide groups is 1. The fraction of sp³-hybridized carbons (Fsp3) is 0.357. The van der Waals surface area contributed by atoms with Gasteiger partial charge in [-0.3, -0.25) is 10.1 Å². The van der Waals surface area contributed by atoms with Crippen LogP contribution in [0.2, 0.25) is 0 Å². The molecule has 6 nitrogen and oxygen atoms in total. The molecular formula is C14H18N4O2S. The summed E-state index contributed by atoms with van der Waals surface area (Å²) in [5.74, 6) is -0.339. The number of benzene rings is 1. The van der Waals surface area contributed by atoms with Crippen LogP contribution in [0.5, 0.6) is 0 Å². The Morgan fingerprint density at radius 2 is 2.10 bits per heavy atom. The monoisotopic (exact) mass is 306 g/mol. The third-order valence-corrected chi connectivity index (χ3v) is 4.14. The largest absolute Gasteiger partial charge is 0.341 e. The molecule has 7 heteroatoms. The van der Waals surface area contributed by atoms with Gasteiger partial charge in [0, 0.05) is 13.6 Å². The molecule has 1 aromatic heterocycles. The molecule has 0 unspecified atom stereocenters. The number of thioether (sulfide) groups is 1. The average molecular weight is 306 g/mol. The van der Waals surface area contributed by atoms with Gasteiger partial charge in [0.05, 0.1) is 16.3 Å². The first kappa shape index (κ1) is 15.4. The van der Waals surface area contributed by atoms with E-state index in [0.29, 0.717) is 0 Å². The van der Waals surface area contributed by atoms with Gasteiger partial charge in [0.15, 0.2) is 5.16 Å². The van der Waals surface area contributed by atoms with Crippen molar-refractivity contribution < 1.29 is 9.59 Å². The maximum absolute atomic E-state index is 11.9. The van der Waals surface area contributed by atoms with Gasteiger partial charge >= 0.3 is 6.03 Å². The van der Waals surface area contributed by atoms with Gasteiger partial charge in [-0.2, -0.15) is 0 Å². The summed E-state index contributed by atoms with van der Waals surface area (Å²) >= 11 is 1.34. The standard InChI is InChI=1S/C14H18N4O2S/c1-4-18-11-8-6-5-7-10(11)16-14(18)21-9(2)12(19)17-13(20)15-3/h5-9H,4H2,1-3H3,(H2,15,17,19,20)/t9-/m0/s1. The first-order valence-electron chi connectivity index (χ1n) is 6.71. The minimum Gasteiger partial charge on any atom is -0.341 e. The molecule has 112 valence electrons. The van der Waals surface area contributed by atoms with Crippen molar-refractivity contribution in [1.29, 1.82) is 0 Å². The van der Waals surface area contributed by atoms with Crippen LogP contribution in [0.4, 0.5) is 4.79 Å². The Morgan fingerprint density at radius 1 is 1.38 bits per heavy atom. The molecule has 1 atom stereocenters. The molecule has 3 amide bonds. The van der Waals surface area contributed by atoms with E-state index in [4.69, 9.17) is 0 Å². The number of nitrogens with one attached hydrogen (secondary N) is 2. The van der Waals surface area contributed by atoms with E-state index in [1.807, 2.05) is 31.2 Å². The molecule has 2 aromatic rings. The molecule has 0 spiro atoms. The minimum atomic E-state index is -0.503. The minimum absolute atomic E-state index is 0.339. The van der Waals surface area contributed by atoms with E-state index < -0.39 is 11.3 Å². The van der Waals surface area contributed by atoms with Crippen LogP contribution in [0.3, 0.4) is 0 Å². The summed E-state index contributed by atoms with van der Waals surface area (Å²) in [5.41, 5.74) is 1.95. The number of para-hydroxylation sites is 2. The maximum Gasteiger partial charge on any atom is 0.321 e. The molecule has 2 rings (SSSR count). The predicted molar refractivity (Wildman–Crippen MR) is 83.3 cm³/mol. The van der Waals surface area contributed by atoms with Gasteiger partial charge in [0.1, 0.15) is 0 Å². The van der Waals surface area contributed by atoms with E-state index >= 15 is 0 Å². The Labute approximate surface area is 127 Å². The second-order valence-corrected chi connectivity index (χ2v) is 5.76. The van der Waals surface area contributed by atoms with Crippen molar-refractivity contribution in [1.82, 2.24) is 20.2 Å². The Hall–Kier alpha value is -2.02. The summed E-state index contributed by atoms with van der Waals surface area (Å²) in [4.78, 5) is 27.6. The van der Waals surface area contributed by atoms with Gasteiger partial charge in [-0.1, -0.05) is 23.9 Å². The molecule has 0 aliphatic rings. The van der Waals surface area contributed by atoms with E-state index in [-0.39, 0.29) is 5.91 Å². The van der Waals surface area contributed by atoms with E-state index in [1.165, 1.54) is 18.8 Å². The maximum atomic E-state index is 11.9. The molecule has 2 N–H and O–H groups in total. The van der Waals surface area contributed by atoms with Crippen molar-refractivity contribution in [3.05, 3.63) is 24.3 Å². The number of fused-ring (bicyclic) bond motifs is 1. The van der Waals surface area contributed by atoms with Crippen molar-refractivity contribution in [2.45, 2.75) is 30.8 Å². The summed E-state index contributed by atoms with van der Waals surface area (Å²) in [6, 6.07) is 7.35. The van der Waals surface area contributed by atoms with Gasteiger partial charge in [-0.25, -0.2) is 9.78 Å². The Bertz CT molecular complexity index is 668. The number of amides is 3. The number of urea groups is 1. The third-order valence-electron chi connectivity index (χ3n) is 3.05. The van der Waals surface area contributed by atoms with Gasteiger partial charge in [0.2, 0.25) is 5.91 Å². The number of hydrogen-bond acceptors (Lipinski definition) is 4. The molecule has 1 heterocycles. The van der Waals surface area contributed by atoms with Crippen molar-refractivity contribution in [2.24, 2.45) is 0 Å². The van der Waals surface area contributed by atoms with Gasteiger partial charge in [-0.05, 0) is 26.0 Å². The van der Waals surface area contributed by atoms with Crippen molar-refractivity contribution in [3.8, 4) is 0 Å². The highest BCUT2D eigenvalue weighted by atomic mass is 32.2. The highest BCUT2D eigenvalue weighted by Crippen LogP contribution is 2.27. The quantitative estimate of drug-likeness (QED) is 0.847. The molecule has 1 aromatic carbocycles. The number of hydrogen-bond donors (Lipinski definition) is 2. The summed E-state index contributed by atoms with van der Waals surface area (Å²) in [6.45, 7) is 4.56. The molecule has 0 fully saturated rings. The molecule has 0 saturated carbocycles. The van der Waals surface area contributed by atoms with E-state index in [9.17, 15) is 9.59 Å². The van der Waals surface area contributed by atoms with Crippen LogP contribution >= 0.6 is 11.8 Å². The summed E-state index contributed by atoms with van der Waals surface area (Å²) < 4.78 is 2.06. The number of imidazole rings is 1. The first-order valence-corrected chi connectivity index (χ1v) is 7.59. The molecule has 0 aliphatic heterocycles. The zero-order valence-corrected chi connectivity index (χ0v) is 13.0. The number of rotatable bonds is 4. The number of carbonyl (C=O) groups excluding carboxylic acids is 2. The topological polar surface area (TPSA) is 76.0 Å². The smallest absolute Gasteiger partial charge is 0.321 e. The lowest BCUT2D eigenvalue weighted by Crippen LogP contribution is -2.41. The Morgan fingerprint density at radius 3 is 2.76 bits per heavy atom. The molecule has 21 heavy (non-hydrogen) atoms. The van der Waals surface area contributed by atoms with E-state index in [2.05, 4.69) is 20.2 Å². The third kappa shape index (κ3) is 3.36. The lowest BCUT2D eigenvalue weighted by atomic mass is 10.3. The van der Waals surface area contributed by atoms with Gasteiger partial charge in [-0.15, -0.1) is 0 Å². The molecular weight excluding hydrogens is 288 g/mol. The van der Waals surface area contributed by atoms with Crippen LogP contribution in [0.25, 0.3) is 11.0 Å². The van der Waals surface area contributed by atoms with Crippen LogP contribution in [0, 0.1) is 0 Å². The summed E-state index contributed by atoms with van der Waals surface area (Å²) in [6.07, 6.45) is 0. The van der Waals surface area contributed by atoms with Gasteiger partial charge in [0.25, 0.3) is 0 Å². The molecule has 0 radical (unpaired) electrons. The SMILES string of the molecule is CCn1c(S[C@@H](C)C(=O)NC(=O)NC)nc2ccccc21. The number of aromatic nitrogens is 2. The lowest BCUT2D eigenvalue weighted by molar-refractivity contribution is -0.119. The zero-order valence-electron chi connectivity index (χ0n) is 12.2. The number of carbonyl (C=O) groups is 2. The van der Waals surface area contributed by atoms with E-state index in [1.54, 1.807) is 6.92 Å². The van der Waals surface area contributed by atoms with Crippen LogP contribution in [0.15, 0.2) is 29.4 Å². The average Bonchev–Trinajstić information content (AvgIpc) is 2.83. The fourth-order valence-corrected chi connectivity index (χ4v) is 2.92. The molecule has 0 aliphatic carbocycles. The number of nitrogens with zero attached hydrogens (tertiary/aromatic N) is 2. The van der Waals surface area contributed by atoms with Crippen molar-refractivity contribution >= 4 is 34.7 Å². The first-order chi connectivity index (χ1) is 10.1. The second-order valence-electron chi connectivity index (χ2n) is 4.46. The highest BCUT2D eigenvalue weighted by Gasteiger charge is 2.20. The lowest BCUT2D eigenvalue weighted by Gasteiger charge is -2.11. The number of aryl methyl sites for hydroxylation is 1. The fourth-order valence-electron chi connectivity index (χ4n) is 1.94. The molecule has 0 saturated heterocycles. The van der Waals surface area contributed by atoms with Crippen LogP contribution in [0.1, 0.15) is 13.8 Å². The van der Waals surface area contributed by atoms with Crippen molar-refractivity contribution in [3.63, 3.8) is 0 Å². The van der Waals surface area contributed by atoms with Crippen LogP contribution < -0.4 is 10.6 Å². The summed E-state index contributed by atoms with van der Waals surface area (Å²) in [7, 11) is 1.47. The van der Waals surface area contributed by atoms with Crippen LogP contribution in [-0.4, -0.2) is 33.8 Å². The van der Waals surface area contributed by atoms with Crippen molar-refractivity contribution in [2.75, 3.05) is 7.05 Å². The molecule has 0 bridgehead atoms. The normalized spacial score (nSPS) is 12.1. The van der Waals surface area contributed by atoms with E-state index in [0.717, 1.165) is 22.7 Å². The Balaban J connectivity index is 2.19. The second kappa shape index (κ2) is 6.62. The zero-order chi connectivity index (χ0) is 15.4. The van der Waals surface area contributed by atoms with Crippen LogP contribution in [-0.2, 0) is 11.3 Å². The highest BCUT2D eigenvalue weighted by molar-refractivity contribution is 8.00. The Kier molecular flexibility index (Phi) is 4.85.